The number of ether oxygens (including phenoxy) is 2. The second-order valence-electron chi connectivity index (χ2n) is 6.49. The van der Waals surface area contributed by atoms with E-state index in [1.165, 1.54) is 19.2 Å². The largest absolute Gasteiger partial charge is 0.496 e. The second kappa shape index (κ2) is 8.87. The summed E-state index contributed by atoms with van der Waals surface area (Å²) >= 11 is 5.97. The first kappa shape index (κ1) is 21.2. The average molecular weight is 429 g/mol. The Kier molecular flexibility index (Phi) is 6.27. The molecule has 0 aliphatic heterocycles. The van der Waals surface area contributed by atoms with E-state index in [9.17, 15) is 9.59 Å². The van der Waals surface area contributed by atoms with Gasteiger partial charge >= 0.3 is 5.97 Å². The van der Waals surface area contributed by atoms with Gasteiger partial charge in [-0.05, 0) is 32.0 Å². The molecule has 3 N–H and O–H groups in total. The molecule has 1 heterocycles. The highest BCUT2D eigenvalue weighted by atomic mass is 35.5. The Hall–Kier alpha value is -3.52. The van der Waals surface area contributed by atoms with Crippen molar-refractivity contribution in [1.82, 2.24) is 9.78 Å². The monoisotopic (exact) mass is 428 g/mol. The molecule has 0 aliphatic rings. The third kappa shape index (κ3) is 4.38. The maximum Gasteiger partial charge on any atom is 0.342 e. The van der Waals surface area contributed by atoms with Crippen LogP contribution in [-0.2, 0) is 9.53 Å². The van der Waals surface area contributed by atoms with Crippen LogP contribution < -0.4 is 15.8 Å². The van der Waals surface area contributed by atoms with Gasteiger partial charge in [-0.3, -0.25) is 4.79 Å². The van der Waals surface area contributed by atoms with Crippen LogP contribution in [0.2, 0.25) is 5.02 Å². The van der Waals surface area contributed by atoms with E-state index in [0.717, 1.165) is 11.4 Å². The average Bonchev–Trinajstić information content (AvgIpc) is 3.02. The fourth-order valence-electron chi connectivity index (χ4n) is 2.93. The Labute approximate surface area is 178 Å². The number of carbonyl (C=O) groups is 2. The van der Waals surface area contributed by atoms with Gasteiger partial charge in [-0.15, -0.1) is 0 Å². The number of hydrogen-bond acceptors (Lipinski definition) is 6. The molecule has 9 heteroatoms. The van der Waals surface area contributed by atoms with Crippen molar-refractivity contribution in [2.24, 2.45) is 0 Å². The number of aromatic nitrogens is 2. The molecule has 0 saturated carbocycles. The number of benzene rings is 2. The molecule has 30 heavy (non-hydrogen) atoms. The van der Waals surface area contributed by atoms with Gasteiger partial charge < -0.3 is 20.5 Å². The third-order valence-corrected chi connectivity index (χ3v) is 4.76. The zero-order valence-corrected chi connectivity index (χ0v) is 17.5. The molecule has 3 rings (SSSR count). The molecule has 0 unspecified atom stereocenters. The Morgan fingerprint density at radius 3 is 2.57 bits per heavy atom. The molecule has 0 saturated heterocycles. The van der Waals surface area contributed by atoms with E-state index in [1.54, 1.807) is 11.6 Å². The Balaban J connectivity index is 1.69. The number of esters is 1. The first-order valence-corrected chi connectivity index (χ1v) is 9.41. The van der Waals surface area contributed by atoms with Crippen LogP contribution in [-0.4, -0.2) is 35.4 Å². The topological polar surface area (TPSA) is 108 Å². The van der Waals surface area contributed by atoms with Gasteiger partial charge in [0.15, 0.2) is 6.61 Å². The molecule has 0 fully saturated rings. The smallest absolute Gasteiger partial charge is 0.342 e. The lowest BCUT2D eigenvalue weighted by Crippen LogP contribution is -2.22. The summed E-state index contributed by atoms with van der Waals surface area (Å²) in [5.41, 5.74) is 8.89. The van der Waals surface area contributed by atoms with Crippen molar-refractivity contribution in [2.75, 3.05) is 24.8 Å². The Morgan fingerprint density at radius 2 is 1.90 bits per heavy atom. The van der Waals surface area contributed by atoms with Gasteiger partial charge in [-0.2, -0.15) is 5.10 Å². The van der Waals surface area contributed by atoms with E-state index in [4.69, 9.17) is 26.8 Å². The van der Waals surface area contributed by atoms with Crippen molar-refractivity contribution in [2.45, 2.75) is 13.8 Å². The number of amides is 1. The third-order valence-electron chi connectivity index (χ3n) is 4.43. The molecular weight excluding hydrogens is 408 g/mol. The lowest BCUT2D eigenvalue weighted by atomic mass is 10.2. The molecule has 1 amide bonds. The number of rotatable bonds is 6. The normalized spacial score (nSPS) is 10.5. The molecule has 8 nitrogen and oxygen atoms in total. The van der Waals surface area contributed by atoms with E-state index in [-0.39, 0.29) is 22.0 Å². The fraction of sp³-hybridized carbons (Fsp3) is 0.190. The highest BCUT2D eigenvalue weighted by molar-refractivity contribution is 6.33. The SMILES string of the molecule is COc1cc(N)c(Cl)cc1C(=O)OCC(=O)Nc1c(C)nn(-c2ccccc2)c1C. The number of nitrogens with two attached hydrogens (primary N) is 1. The van der Waals surface area contributed by atoms with Crippen LogP contribution >= 0.6 is 11.6 Å². The number of nitrogens with one attached hydrogen (secondary N) is 1. The second-order valence-corrected chi connectivity index (χ2v) is 6.90. The number of hydrogen-bond donors (Lipinski definition) is 2. The molecule has 156 valence electrons. The van der Waals surface area contributed by atoms with E-state index in [2.05, 4.69) is 10.4 Å². The minimum atomic E-state index is -0.752. The minimum absolute atomic E-state index is 0.0776. The zero-order chi connectivity index (χ0) is 21.8. The lowest BCUT2D eigenvalue weighted by molar-refractivity contribution is -0.119. The Bertz CT molecular complexity index is 1100. The molecule has 2 aromatic carbocycles. The van der Waals surface area contributed by atoms with E-state index in [0.29, 0.717) is 11.4 Å². The number of para-hydroxylation sites is 1. The summed E-state index contributed by atoms with van der Waals surface area (Å²) in [6.45, 7) is 3.14. The summed E-state index contributed by atoms with van der Waals surface area (Å²) in [6.07, 6.45) is 0. The number of methoxy groups -OCH3 is 1. The van der Waals surface area contributed by atoms with Gasteiger partial charge in [0.05, 0.1) is 40.6 Å². The summed E-state index contributed by atoms with van der Waals surface area (Å²) in [4.78, 5) is 24.7. The highest BCUT2D eigenvalue weighted by Crippen LogP contribution is 2.29. The summed E-state index contributed by atoms with van der Waals surface area (Å²) in [7, 11) is 1.39. The van der Waals surface area contributed by atoms with Gasteiger partial charge in [0, 0.05) is 6.07 Å². The molecule has 1 aromatic heterocycles. The minimum Gasteiger partial charge on any atom is -0.496 e. The van der Waals surface area contributed by atoms with Gasteiger partial charge in [-0.1, -0.05) is 29.8 Å². The molecule has 0 aliphatic carbocycles. The number of aryl methyl sites for hydroxylation is 1. The summed E-state index contributed by atoms with van der Waals surface area (Å²) in [6, 6.07) is 12.3. The van der Waals surface area contributed by atoms with Crippen LogP contribution in [0, 0.1) is 13.8 Å². The maximum atomic E-state index is 12.4. The molecule has 0 bridgehead atoms. The first-order chi connectivity index (χ1) is 14.3. The van der Waals surface area contributed by atoms with Crippen LogP contribution in [0.15, 0.2) is 42.5 Å². The quantitative estimate of drug-likeness (QED) is 0.459. The van der Waals surface area contributed by atoms with E-state index in [1.807, 2.05) is 37.3 Å². The number of nitrogen functional groups attached to an aromatic ring is 1. The van der Waals surface area contributed by atoms with Crippen molar-refractivity contribution >= 4 is 34.9 Å². The number of halogens is 1. The van der Waals surface area contributed by atoms with Gasteiger partial charge in [0.1, 0.15) is 11.3 Å². The van der Waals surface area contributed by atoms with Gasteiger partial charge in [0.25, 0.3) is 5.91 Å². The van der Waals surface area contributed by atoms with Crippen molar-refractivity contribution < 1.29 is 19.1 Å². The molecule has 3 aromatic rings. The van der Waals surface area contributed by atoms with E-state index >= 15 is 0 Å². The maximum absolute atomic E-state index is 12.4. The van der Waals surface area contributed by atoms with Crippen molar-refractivity contribution in [3.8, 4) is 11.4 Å². The predicted molar refractivity (Wildman–Crippen MR) is 114 cm³/mol. The van der Waals surface area contributed by atoms with Crippen LogP contribution in [0.25, 0.3) is 5.69 Å². The van der Waals surface area contributed by atoms with Gasteiger partial charge in [-0.25, -0.2) is 9.48 Å². The molecule has 0 atom stereocenters. The highest BCUT2D eigenvalue weighted by Gasteiger charge is 2.19. The van der Waals surface area contributed by atoms with Crippen LogP contribution in [0.5, 0.6) is 5.75 Å². The van der Waals surface area contributed by atoms with Crippen molar-refractivity contribution in [3.05, 3.63) is 64.4 Å². The standard InChI is InChI=1S/C21H21ClN4O4/c1-12-20(13(2)26(25-12)14-7-5-4-6-8-14)24-19(27)11-30-21(28)15-9-16(22)17(23)10-18(15)29-3/h4-10H,11,23H2,1-3H3,(H,24,27). The molecular formula is C21H21ClN4O4. The zero-order valence-electron chi connectivity index (χ0n) is 16.7. The molecule has 0 spiro atoms. The number of carbonyl (C=O) groups excluding carboxylic acids is 2. The lowest BCUT2D eigenvalue weighted by Gasteiger charge is -2.11. The summed E-state index contributed by atoms with van der Waals surface area (Å²) < 4.78 is 12.0. The van der Waals surface area contributed by atoms with Gasteiger partial charge in [0.2, 0.25) is 0 Å². The van der Waals surface area contributed by atoms with Crippen molar-refractivity contribution in [1.29, 1.82) is 0 Å². The summed E-state index contributed by atoms with van der Waals surface area (Å²) in [5, 5.41) is 7.40. The van der Waals surface area contributed by atoms with Crippen LogP contribution in [0.3, 0.4) is 0 Å². The summed E-state index contributed by atoms with van der Waals surface area (Å²) in [5.74, 6) is -1.04. The van der Waals surface area contributed by atoms with Crippen molar-refractivity contribution in [3.63, 3.8) is 0 Å². The fourth-order valence-corrected chi connectivity index (χ4v) is 3.09. The van der Waals surface area contributed by atoms with Crippen LogP contribution in [0.1, 0.15) is 21.7 Å². The van der Waals surface area contributed by atoms with Crippen LogP contribution in [0.4, 0.5) is 11.4 Å². The number of anilines is 2. The molecule has 0 radical (unpaired) electrons. The predicted octanol–water partition coefficient (Wildman–Crippen LogP) is 3.53. The first-order valence-electron chi connectivity index (χ1n) is 9.03. The Morgan fingerprint density at radius 1 is 1.20 bits per heavy atom. The number of nitrogens with zero attached hydrogens (tertiary/aromatic N) is 2. The van der Waals surface area contributed by atoms with E-state index < -0.39 is 18.5 Å².